The largest absolute Gasteiger partial charge is 0.495 e. The van der Waals surface area contributed by atoms with Crippen molar-refractivity contribution in [3.8, 4) is 11.8 Å². The van der Waals surface area contributed by atoms with Crippen molar-refractivity contribution in [3.63, 3.8) is 0 Å². The molecule has 0 bridgehead atoms. The molecule has 7 heteroatoms. The molecule has 0 N–H and O–H groups in total. The minimum atomic E-state index is -0.212. The number of methoxy groups -OCH3 is 1. The highest BCUT2D eigenvalue weighted by atomic mass is 16.5. The van der Waals surface area contributed by atoms with E-state index in [0.717, 1.165) is 11.4 Å². The fourth-order valence-corrected chi connectivity index (χ4v) is 3.42. The van der Waals surface area contributed by atoms with E-state index in [9.17, 15) is 9.59 Å². The van der Waals surface area contributed by atoms with Crippen LogP contribution in [-0.2, 0) is 9.59 Å². The number of para-hydroxylation sites is 2. The molecule has 29 heavy (non-hydrogen) atoms. The third kappa shape index (κ3) is 4.66. The summed E-state index contributed by atoms with van der Waals surface area (Å²) in [5.41, 5.74) is 2.14. The highest BCUT2D eigenvalue weighted by molar-refractivity contribution is 5.97. The maximum Gasteiger partial charge on any atom is 0.242 e. The Morgan fingerprint density at radius 2 is 1.72 bits per heavy atom. The van der Waals surface area contributed by atoms with Crippen LogP contribution in [0.15, 0.2) is 48.5 Å². The fraction of sp³-hybridized carbons (Fsp3) is 0.318. The first kappa shape index (κ1) is 20.2. The summed E-state index contributed by atoms with van der Waals surface area (Å²) in [7, 11) is 1.65. The number of carbonyl (C=O) groups is 2. The summed E-state index contributed by atoms with van der Waals surface area (Å²) >= 11 is 0. The van der Waals surface area contributed by atoms with Crippen LogP contribution in [0.3, 0.4) is 0 Å². The standard InChI is InChI=1S/C22H24N4O3/c1-17(27)26(19-9-7-18(15-23)8-10-19)16-22(28)25-13-11-24(12-14-25)20-5-3-4-6-21(20)29-2/h3-10H,11-14,16H2,1-2H3. The lowest BCUT2D eigenvalue weighted by molar-refractivity contribution is -0.131. The van der Waals surface area contributed by atoms with Crippen molar-refractivity contribution >= 4 is 23.2 Å². The molecule has 1 saturated heterocycles. The first-order chi connectivity index (χ1) is 14.0. The Labute approximate surface area is 170 Å². The molecule has 1 aliphatic rings. The quantitative estimate of drug-likeness (QED) is 0.780. The number of ether oxygens (including phenoxy) is 1. The monoisotopic (exact) mass is 392 g/mol. The van der Waals surface area contributed by atoms with E-state index in [4.69, 9.17) is 10.00 Å². The van der Waals surface area contributed by atoms with Crippen molar-refractivity contribution in [2.45, 2.75) is 6.92 Å². The smallest absolute Gasteiger partial charge is 0.242 e. The fourth-order valence-electron chi connectivity index (χ4n) is 3.42. The SMILES string of the molecule is COc1ccccc1N1CCN(C(=O)CN(C(C)=O)c2ccc(C#N)cc2)CC1. The number of nitriles is 1. The highest BCUT2D eigenvalue weighted by Crippen LogP contribution is 2.28. The number of hydrogen-bond acceptors (Lipinski definition) is 5. The van der Waals surface area contributed by atoms with Crippen molar-refractivity contribution in [2.24, 2.45) is 0 Å². The van der Waals surface area contributed by atoms with E-state index in [-0.39, 0.29) is 18.4 Å². The molecule has 7 nitrogen and oxygen atoms in total. The molecule has 0 radical (unpaired) electrons. The average Bonchev–Trinajstić information content (AvgIpc) is 2.77. The molecular weight excluding hydrogens is 368 g/mol. The Morgan fingerprint density at radius 1 is 1.07 bits per heavy atom. The van der Waals surface area contributed by atoms with E-state index in [0.29, 0.717) is 37.4 Å². The van der Waals surface area contributed by atoms with Gasteiger partial charge in [0.15, 0.2) is 0 Å². The van der Waals surface area contributed by atoms with E-state index in [1.165, 1.54) is 11.8 Å². The van der Waals surface area contributed by atoms with E-state index < -0.39 is 0 Å². The third-order valence-corrected chi connectivity index (χ3v) is 5.04. The molecule has 2 amide bonds. The van der Waals surface area contributed by atoms with Crippen molar-refractivity contribution in [3.05, 3.63) is 54.1 Å². The number of hydrogen-bond donors (Lipinski definition) is 0. The van der Waals surface area contributed by atoms with Crippen LogP contribution < -0.4 is 14.5 Å². The predicted octanol–water partition coefficient (Wildman–Crippen LogP) is 2.27. The molecule has 1 heterocycles. The number of amides is 2. The van der Waals surface area contributed by atoms with E-state index >= 15 is 0 Å². The van der Waals surface area contributed by atoms with Gasteiger partial charge in [-0.05, 0) is 36.4 Å². The second-order valence-electron chi connectivity index (χ2n) is 6.80. The minimum absolute atomic E-state index is 0.0180. The van der Waals surface area contributed by atoms with Crippen LogP contribution >= 0.6 is 0 Å². The maximum atomic E-state index is 12.8. The van der Waals surface area contributed by atoms with Gasteiger partial charge < -0.3 is 19.4 Å². The zero-order valence-electron chi connectivity index (χ0n) is 16.7. The first-order valence-electron chi connectivity index (χ1n) is 9.47. The molecule has 0 aliphatic carbocycles. The summed E-state index contributed by atoms with van der Waals surface area (Å²) in [4.78, 5) is 30.3. The van der Waals surface area contributed by atoms with Gasteiger partial charge in [-0.25, -0.2) is 0 Å². The molecule has 3 rings (SSSR count). The van der Waals surface area contributed by atoms with Crippen LogP contribution in [0, 0.1) is 11.3 Å². The number of benzene rings is 2. The molecule has 2 aromatic rings. The van der Waals surface area contributed by atoms with Gasteiger partial charge in [0, 0.05) is 38.8 Å². The number of rotatable bonds is 5. The number of nitrogens with zero attached hydrogens (tertiary/aromatic N) is 4. The van der Waals surface area contributed by atoms with Crippen LogP contribution in [-0.4, -0.2) is 56.5 Å². The second-order valence-corrected chi connectivity index (χ2v) is 6.80. The van der Waals surface area contributed by atoms with Crippen LogP contribution in [0.25, 0.3) is 0 Å². The van der Waals surface area contributed by atoms with Crippen LogP contribution in [0.5, 0.6) is 5.75 Å². The molecule has 0 spiro atoms. The summed E-state index contributed by atoms with van der Waals surface area (Å²) in [6.07, 6.45) is 0. The summed E-state index contributed by atoms with van der Waals surface area (Å²) in [5.74, 6) is 0.510. The maximum absolute atomic E-state index is 12.8. The zero-order valence-corrected chi connectivity index (χ0v) is 16.7. The number of piperazine rings is 1. The van der Waals surface area contributed by atoms with E-state index in [1.807, 2.05) is 30.3 Å². The van der Waals surface area contributed by atoms with Crippen molar-refractivity contribution in [2.75, 3.05) is 49.6 Å². The Morgan fingerprint density at radius 3 is 2.31 bits per heavy atom. The lowest BCUT2D eigenvalue weighted by atomic mass is 10.2. The molecule has 0 unspecified atom stereocenters. The Kier molecular flexibility index (Phi) is 6.35. The molecule has 1 aliphatic heterocycles. The van der Waals surface area contributed by atoms with Crippen molar-refractivity contribution < 1.29 is 14.3 Å². The van der Waals surface area contributed by atoms with E-state index in [2.05, 4.69) is 4.90 Å². The van der Waals surface area contributed by atoms with Gasteiger partial charge in [0.25, 0.3) is 0 Å². The second kappa shape index (κ2) is 9.11. The van der Waals surface area contributed by atoms with Crippen molar-refractivity contribution in [1.29, 1.82) is 5.26 Å². The lowest BCUT2D eigenvalue weighted by Crippen LogP contribution is -2.52. The lowest BCUT2D eigenvalue weighted by Gasteiger charge is -2.37. The molecule has 150 valence electrons. The molecule has 0 atom stereocenters. The van der Waals surface area contributed by atoms with Crippen LogP contribution in [0.1, 0.15) is 12.5 Å². The van der Waals surface area contributed by atoms with Gasteiger partial charge >= 0.3 is 0 Å². The zero-order chi connectivity index (χ0) is 20.8. The summed E-state index contributed by atoms with van der Waals surface area (Å²) in [6.45, 7) is 3.97. The van der Waals surface area contributed by atoms with Gasteiger partial charge in [-0.3, -0.25) is 9.59 Å². The third-order valence-electron chi connectivity index (χ3n) is 5.04. The molecule has 1 fully saturated rings. The topological polar surface area (TPSA) is 76.9 Å². The molecular formula is C22H24N4O3. The summed E-state index contributed by atoms with van der Waals surface area (Å²) in [6, 6.07) is 16.5. The Balaban J connectivity index is 1.63. The molecule has 2 aromatic carbocycles. The Hall–Kier alpha value is -3.53. The summed E-state index contributed by atoms with van der Waals surface area (Å²) < 4.78 is 5.43. The van der Waals surface area contributed by atoms with Crippen LogP contribution in [0.4, 0.5) is 11.4 Å². The normalized spacial score (nSPS) is 13.6. The van der Waals surface area contributed by atoms with Gasteiger partial charge in [-0.2, -0.15) is 5.26 Å². The first-order valence-corrected chi connectivity index (χ1v) is 9.47. The van der Waals surface area contributed by atoms with Crippen LogP contribution in [0.2, 0.25) is 0 Å². The van der Waals surface area contributed by atoms with Gasteiger partial charge in [0.05, 0.1) is 24.4 Å². The van der Waals surface area contributed by atoms with Gasteiger partial charge in [0.2, 0.25) is 11.8 Å². The van der Waals surface area contributed by atoms with Crippen molar-refractivity contribution in [1.82, 2.24) is 4.90 Å². The van der Waals surface area contributed by atoms with Gasteiger partial charge in [-0.15, -0.1) is 0 Å². The van der Waals surface area contributed by atoms with Gasteiger partial charge in [-0.1, -0.05) is 12.1 Å². The average molecular weight is 392 g/mol. The summed E-state index contributed by atoms with van der Waals surface area (Å²) in [5, 5.41) is 8.93. The number of carbonyl (C=O) groups excluding carboxylic acids is 2. The molecule has 0 saturated carbocycles. The van der Waals surface area contributed by atoms with Gasteiger partial charge in [0.1, 0.15) is 12.3 Å². The Bertz CT molecular complexity index is 912. The molecule has 0 aromatic heterocycles. The highest BCUT2D eigenvalue weighted by Gasteiger charge is 2.25. The number of anilines is 2. The predicted molar refractivity (Wildman–Crippen MR) is 111 cm³/mol. The minimum Gasteiger partial charge on any atom is -0.495 e. The van der Waals surface area contributed by atoms with E-state index in [1.54, 1.807) is 36.3 Å².